The Balaban J connectivity index is 1.58. The van der Waals surface area contributed by atoms with Crippen molar-refractivity contribution in [3.8, 4) is 0 Å². The molecule has 0 aromatic heterocycles. The highest BCUT2D eigenvalue weighted by Crippen LogP contribution is 2.34. The van der Waals surface area contributed by atoms with Crippen LogP contribution in [0.1, 0.15) is 59.8 Å². The molecule has 3 aliphatic heterocycles. The number of rotatable bonds is 6. The van der Waals surface area contributed by atoms with Crippen molar-refractivity contribution in [2.24, 2.45) is 16.8 Å². The van der Waals surface area contributed by atoms with Crippen molar-refractivity contribution in [1.29, 1.82) is 0 Å². The number of nitrogens with zero attached hydrogens (tertiary/aromatic N) is 2. The molecule has 144 valence electrons. The second kappa shape index (κ2) is 8.72. The fraction of sp³-hybridized carbons (Fsp3) is 0.950. The second-order valence-electron chi connectivity index (χ2n) is 8.61. The van der Waals surface area contributed by atoms with Crippen molar-refractivity contribution in [2.75, 3.05) is 26.2 Å². The van der Waals surface area contributed by atoms with Gasteiger partial charge in [0.25, 0.3) is 0 Å². The van der Waals surface area contributed by atoms with Crippen molar-refractivity contribution >= 4 is 5.96 Å². The van der Waals surface area contributed by atoms with E-state index in [4.69, 9.17) is 9.73 Å². The van der Waals surface area contributed by atoms with Crippen LogP contribution in [0.25, 0.3) is 0 Å². The van der Waals surface area contributed by atoms with E-state index in [1.807, 2.05) is 0 Å². The zero-order valence-corrected chi connectivity index (χ0v) is 16.6. The molecular weight excluding hydrogens is 312 g/mol. The first-order chi connectivity index (χ1) is 12.1. The highest BCUT2D eigenvalue weighted by Gasteiger charge is 2.41. The number of hydrogen-bond acceptors (Lipinski definition) is 3. The Hall–Kier alpha value is -0.810. The topological polar surface area (TPSA) is 48.9 Å². The first-order valence-corrected chi connectivity index (χ1v) is 10.5. The van der Waals surface area contributed by atoms with E-state index < -0.39 is 0 Å². The third-order valence-electron chi connectivity index (χ3n) is 6.27. The molecule has 3 heterocycles. The first kappa shape index (κ1) is 19.0. The molecule has 3 saturated heterocycles. The number of aliphatic imine (C=N–C) groups is 1. The zero-order valence-electron chi connectivity index (χ0n) is 16.6. The molecule has 0 aromatic rings. The van der Waals surface area contributed by atoms with Crippen LogP contribution in [0, 0.1) is 11.8 Å². The van der Waals surface area contributed by atoms with Gasteiger partial charge < -0.3 is 15.4 Å². The average Bonchev–Trinajstić information content (AvgIpc) is 3.19. The fourth-order valence-corrected chi connectivity index (χ4v) is 4.58. The van der Waals surface area contributed by atoms with Crippen LogP contribution < -0.4 is 10.6 Å². The summed E-state index contributed by atoms with van der Waals surface area (Å²) in [6.07, 6.45) is 7.08. The molecule has 0 aliphatic carbocycles. The molecule has 3 aliphatic rings. The van der Waals surface area contributed by atoms with Gasteiger partial charge in [0.15, 0.2) is 5.96 Å². The summed E-state index contributed by atoms with van der Waals surface area (Å²) in [5, 5.41) is 7.09. The summed E-state index contributed by atoms with van der Waals surface area (Å²) < 4.78 is 5.98. The van der Waals surface area contributed by atoms with Crippen LogP contribution in [-0.2, 0) is 4.74 Å². The highest BCUT2D eigenvalue weighted by atomic mass is 16.5. The number of piperidine rings is 1. The van der Waals surface area contributed by atoms with Crippen molar-refractivity contribution in [3.05, 3.63) is 0 Å². The molecule has 5 nitrogen and oxygen atoms in total. The van der Waals surface area contributed by atoms with Crippen LogP contribution in [0.5, 0.6) is 0 Å². The first-order valence-electron chi connectivity index (χ1n) is 10.5. The quantitative estimate of drug-likeness (QED) is 0.571. The predicted molar refractivity (Wildman–Crippen MR) is 104 cm³/mol. The molecule has 0 radical (unpaired) electrons. The molecule has 0 aromatic carbocycles. The largest absolute Gasteiger partial charge is 0.373 e. The van der Waals surface area contributed by atoms with Crippen LogP contribution in [0.15, 0.2) is 4.99 Å². The van der Waals surface area contributed by atoms with Gasteiger partial charge in [0.05, 0.1) is 24.8 Å². The van der Waals surface area contributed by atoms with Gasteiger partial charge in [0.1, 0.15) is 0 Å². The third kappa shape index (κ3) is 4.88. The van der Waals surface area contributed by atoms with Crippen LogP contribution in [0.4, 0.5) is 0 Å². The standard InChI is InChI=1S/C20H38N4O/c1-5-21-20(23-17-12-16-6-7-19(17)25-16)22-13-18(14(2)3)24-10-8-15(4)9-11-24/h14-19H,5-13H2,1-4H3,(H2,21,22,23). The summed E-state index contributed by atoms with van der Waals surface area (Å²) in [4.78, 5) is 7.64. The maximum atomic E-state index is 5.98. The van der Waals surface area contributed by atoms with E-state index in [1.165, 1.54) is 38.8 Å². The third-order valence-corrected chi connectivity index (χ3v) is 6.27. The minimum atomic E-state index is 0.387. The van der Waals surface area contributed by atoms with Crippen molar-refractivity contribution < 1.29 is 4.74 Å². The lowest BCUT2D eigenvalue weighted by atomic mass is 9.94. The molecule has 25 heavy (non-hydrogen) atoms. The van der Waals surface area contributed by atoms with E-state index in [0.717, 1.165) is 31.4 Å². The van der Waals surface area contributed by atoms with Crippen LogP contribution in [0.3, 0.4) is 0 Å². The minimum Gasteiger partial charge on any atom is -0.373 e. The molecule has 2 N–H and O–H groups in total. The van der Waals surface area contributed by atoms with E-state index in [9.17, 15) is 0 Å². The lowest BCUT2D eigenvalue weighted by Gasteiger charge is -2.38. The number of likely N-dealkylation sites (tertiary alicyclic amines) is 1. The van der Waals surface area contributed by atoms with Gasteiger partial charge in [-0.15, -0.1) is 0 Å². The van der Waals surface area contributed by atoms with Gasteiger partial charge in [0, 0.05) is 12.6 Å². The van der Waals surface area contributed by atoms with E-state index in [-0.39, 0.29) is 0 Å². The molecule has 0 spiro atoms. The Bertz CT molecular complexity index is 445. The zero-order chi connectivity index (χ0) is 17.8. The molecule has 4 unspecified atom stereocenters. The monoisotopic (exact) mass is 350 g/mol. The number of guanidine groups is 1. The lowest BCUT2D eigenvalue weighted by molar-refractivity contribution is 0.0991. The Morgan fingerprint density at radius 3 is 2.52 bits per heavy atom. The molecule has 0 amide bonds. The van der Waals surface area contributed by atoms with Crippen molar-refractivity contribution in [2.45, 2.75) is 84.1 Å². The van der Waals surface area contributed by atoms with Gasteiger partial charge in [-0.25, -0.2) is 0 Å². The molecule has 4 atom stereocenters. The average molecular weight is 351 g/mol. The van der Waals surface area contributed by atoms with Gasteiger partial charge in [-0.2, -0.15) is 0 Å². The van der Waals surface area contributed by atoms with Gasteiger partial charge in [0.2, 0.25) is 0 Å². The molecule has 0 saturated carbocycles. The van der Waals surface area contributed by atoms with Crippen molar-refractivity contribution in [3.63, 3.8) is 0 Å². The molecule has 5 heteroatoms. The molecule has 3 rings (SSSR count). The molecular formula is C20H38N4O. The van der Waals surface area contributed by atoms with Gasteiger partial charge in [-0.05, 0) is 64.0 Å². The summed E-state index contributed by atoms with van der Waals surface area (Å²) in [7, 11) is 0. The second-order valence-corrected chi connectivity index (χ2v) is 8.61. The summed E-state index contributed by atoms with van der Waals surface area (Å²) in [6, 6.07) is 0.976. The SMILES string of the molecule is CCNC(=NCC(C(C)C)N1CCC(C)CC1)NC1CC2CCC1O2. The van der Waals surface area contributed by atoms with Crippen LogP contribution in [-0.4, -0.2) is 61.3 Å². The maximum absolute atomic E-state index is 5.98. The van der Waals surface area contributed by atoms with Crippen LogP contribution in [0.2, 0.25) is 0 Å². The van der Waals surface area contributed by atoms with E-state index in [2.05, 4.69) is 43.2 Å². The molecule has 3 fully saturated rings. The predicted octanol–water partition coefficient (Wildman–Crippen LogP) is 2.62. The Morgan fingerprint density at radius 1 is 1.20 bits per heavy atom. The van der Waals surface area contributed by atoms with E-state index in [0.29, 0.717) is 30.2 Å². The van der Waals surface area contributed by atoms with Crippen molar-refractivity contribution in [1.82, 2.24) is 15.5 Å². The Labute approximate surface area is 154 Å². The Morgan fingerprint density at radius 2 is 1.96 bits per heavy atom. The summed E-state index contributed by atoms with van der Waals surface area (Å²) in [5.41, 5.74) is 0. The van der Waals surface area contributed by atoms with E-state index in [1.54, 1.807) is 0 Å². The van der Waals surface area contributed by atoms with Crippen LogP contribution >= 0.6 is 0 Å². The highest BCUT2D eigenvalue weighted by molar-refractivity contribution is 5.80. The van der Waals surface area contributed by atoms with E-state index >= 15 is 0 Å². The smallest absolute Gasteiger partial charge is 0.191 e. The van der Waals surface area contributed by atoms with Gasteiger partial charge in [-0.3, -0.25) is 9.89 Å². The number of fused-ring (bicyclic) bond motifs is 2. The lowest BCUT2D eigenvalue weighted by Crippen LogP contribution is -2.49. The number of nitrogens with one attached hydrogen (secondary N) is 2. The van der Waals surface area contributed by atoms with Gasteiger partial charge in [-0.1, -0.05) is 20.8 Å². The maximum Gasteiger partial charge on any atom is 0.191 e. The fourth-order valence-electron chi connectivity index (χ4n) is 4.58. The summed E-state index contributed by atoms with van der Waals surface area (Å²) in [5.74, 6) is 2.48. The Kier molecular flexibility index (Phi) is 6.61. The number of ether oxygens (including phenoxy) is 1. The number of hydrogen-bond donors (Lipinski definition) is 2. The van der Waals surface area contributed by atoms with Gasteiger partial charge >= 0.3 is 0 Å². The molecule has 2 bridgehead atoms. The minimum absolute atomic E-state index is 0.387. The normalized spacial score (nSPS) is 32.4. The summed E-state index contributed by atoms with van der Waals surface area (Å²) >= 11 is 0. The summed E-state index contributed by atoms with van der Waals surface area (Å²) in [6.45, 7) is 13.4.